The standard InChI is InChI=1S/C8H8N4O2S2/c9-11-7(13)5-1-6(14-2-5)3-15-8-12-10-4-16-8/h1-2,4H,3,9H2,(H,11,13). The molecule has 0 aliphatic heterocycles. The van der Waals surface area contributed by atoms with Gasteiger partial charge in [-0.15, -0.1) is 10.2 Å². The second-order valence-corrected chi connectivity index (χ2v) is 4.82. The van der Waals surface area contributed by atoms with Crippen LogP contribution in [0, 0.1) is 0 Å². The van der Waals surface area contributed by atoms with Crippen LogP contribution in [0.2, 0.25) is 0 Å². The Morgan fingerprint density at radius 3 is 3.25 bits per heavy atom. The van der Waals surface area contributed by atoms with E-state index in [4.69, 9.17) is 10.3 Å². The number of carbonyl (C=O) groups excluding carboxylic acids is 1. The summed E-state index contributed by atoms with van der Waals surface area (Å²) in [5.74, 6) is 5.93. The number of nitrogens with one attached hydrogen (secondary N) is 1. The van der Waals surface area contributed by atoms with Crippen molar-refractivity contribution >= 4 is 29.0 Å². The summed E-state index contributed by atoms with van der Waals surface area (Å²) in [5, 5.41) is 7.60. The van der Waals surface area contributed by atoms with Crippen LogP contribution in [0.15, 0.2) is 26.6 Å². The minimum Gasteiger partial charge on any atom is -0.468 e. The molecule has 0 fully saturated rings. The first kappa shape index (κ1) is 11.1. The minimum absolute atomic E-state index is 0.365. The number of amides is 1. The van der Waals surface area contributed by atoms with Crippen LogP contribution in [0.1, 0.15) is 16.1 Å². The predicted molar refractivity (Wildman–Crippen MR) is 59.8 cm³/mol. The number of nitrogens with zero attached hydrogens (tertiary/aromatic N) is 2. The number of nitrogen functional groups attached to an aromatic ring is 1. The third-order valence-corrected chi connectivity index (χ3v) is 3.61. The van der Waals surface area contributed by atoms with Crippen LogP contribution in [0.25, 0.3) is 0 Å². The topological polar surface area (TPSA) is 94.0 Å². The summed E-state index contributed by atoms with van der Waals surface area (Å²) >= 11 is 2.96. The van der Waals surface area contributed by atoms with Crippen molar-refractivity contribution in [2.45, 2.75) is 10.1 Å². The molecular weight excluding hydrogens is 248 g/mol. The number of furan rings is 1. The van der Waals surface area contributed by atoms with Crippen LogP contribution in [0.4, 0.5) is 0 Å². The molecule has 1 amide bonds. The number of nitrogens with two attached hydrogens (primary N) is 1. The molecule has 0 aliphatic carbocycles. The van der Waals surface area contributed by atoms with Crippen LogP contribution in [0.3, 0.4) is 0 Å². The van der Waals surface area contributed by atoms with Gasteiger partial charge in [0.25, 0.3) is 5.91 Å². The first-order valence-electron chi connectivity index (χ1n) is 4.27. The van der Waals surface area contributed by atoms with Gasteiger partial charge in [0.05, 0.1) is 11.3 Å². The Balaban J connectivity index is 1.95. The summed E-state index contributed by atoms with van der Waals surface area (Å²) in [4.78, 5) is 11.1. The molecule has 2 aromatic heterocycles. The van der Waals surface area contributed by atoms with E-state index in [0.29, 0.717) is 17.1 Å². The van der Waals surface area contributed by atoms with E-state index in [1.165, 1.54) is 29.4 Å². The van der Waals surface area contributed by atoms with Gasteiger partial charge in [-0.2, -0.15) is 0 Å². The van der Waals surface area contributed by atoms with Crippen molar-refractivity contribution in [3.63, 3.8) is 0 Å². The lowest BCUT2D eigenvalue weighted by molar-refractivity contribution is 0.0953. The van der Waals surface area contributed by atoms with Crippen LogP contribution < -0.4 is 11.3 Å². The molecule has 0 unspecified atom stereocenters. The Hall–Kier alpha value is -1.38. The molecule has 0 atom stereocenters. The van der Waals surface area contributed by atoms with Crippen molar-refractivity contribution in [2.24, 2.45) is 5.84 Å². The summed E-state index contributed by atoms with van der Waals surface area (Å²) in [7, 11) is 0. The van der Waals surface area contributed by atoms with Crippen LogP contribution >= 0.6 is 23.1 Å². The Morgan fingerprint density at radius 2 is 2.56 bits per heavy atom. The number of hydrazine groups is 1. The van der Waals surface area contributed by atoms with Crippen LogP contribution in [-0.4, -0.2) is 16.1 Å². The van der Waals surface area contributed by atoms with E-state index in [0.717, 1.165) is 4.34 Å². The highest BCUT2D eigenvalue weighted by Crippen LogP contribution is 2.24. The van der Waals surface area contributed by atoms with E-state index in [2.05, 4.69) is 10.2 Å². The first-order valence-corrected chi connectivity index (χ1v) is 6.13. The molecule has 8 heteroatoms. The second kappa shape index (κ2) is 5.10. The van der Waals surface area contributed by atoms with E-state index in [1.807, 2.05) is 5.43 Å². The van der Waals surface area contributed by atoms with Gasteiger partial charge >= 0.3 is 0 Å². The second-order valence-electron chi connectivity index (χ2n) is 2.77. The van der Waals surface area contributed by atoms with Gasteiger partial charge in [-0.25, -0.2) is 5.84 Å². The summed E-state index contributed by atoms with van der Waals surface area (Å²) in [5.41, 5.74) is 4.12. The average molecular weight is 256 g/mol. The van der Waals surface area contributed by atoms with Gasteiger partial charge in [-0.05, 0) is 6.07 Å². The fraction of sp³-hybridized carbons (Fsp3) is 0.125. The Bertz CT molecular complexity index is 468. The molecule has 0 saturated heterocycles. The SMILES string of the molecule is NNC(=O)c1coc(CSc2nncs2)c1. The molecule has 2 rings (SSSR count). The van der Waals surface area contributed by atoms with Gasteiger partial charge in [0.1, 0.15) is 17.5 Å². The lowest BCUT2D eigenvalue weighted by atomic mass is 10.3. The van der Waals surface area contributed by atoms with Gasteiger partial charge in [0.2, 0.25) is 0 Å². The van der Waals surface area contributed by atoms with Crippen molar-refractivity contribution in [2.75, 3.05) is 0 Å². The largest absolute Gasteiger partial charge is 0.468 e. The molecule has 16 heavy (non-hydrogen) atoms. The molecule has 2 aromatic rings. The molecule has 6 nitrogen and oxygen atoms in total. The van der Waals surface area contributed by atoms with Crippen molar-refractivity contribution in [3.8, 4) is 0 Å². The fourth-order valence-corrected chi connectivity index (χ4v) is 2.40. The molecule has 0 aromatic carbocycles. The van der Waals surface area contributed by atoms with E-state index in [9.17, 15) is 4.79 Å². The Kier molecular flexibility index (Phi) is 3.54. The number of carbonyl (C=O) groups is 1. The van der Waals surface area contributed by atoms with Crippen molar-refractivity contribution in [1.29, 1.82) is 0 Å². The zero-order chi connectivity index (χ0) is 11.4. The molecule has 84 valence electrons. The first-order chi connectivity index (χ1) is 7.79. The van der Waals surface area contributed by atoms with E-state index in [1.54, 1.807) is 11.6 Å². The normalized spacial score (nSPS) is 10.3. The van der Waals surface area contributed by atoms with E-state index >= 15 is 0 Å². The van der Waals surface area contributed by atoms with Crippen LogP contribution in [-0.2, 0) is 5.75 Å². The van der Waals surface area contributed by atoms with Crippen LogP contribution in [0.5, 0.6) is 0 Å². The summed E-state index contributed by atoms with van der Waals surface area (Å²) in [6.07, 6.45) is 1.37. The summed E-state index contributed by atoms with van der Waals surface area (Å²) in [6.45, 7) is 0. The summed E-state index contributed by atoms with van der Waals surface area (Å²) in [6, 6.07) is 1.65. The molecule has 3 N–H and O–H groups in total. The average Bonchev–Trinajstić information content (AvgIpc) is 2.96. The Labute approximate surface area is 99.2 Å². The van der Waals surface area contributed by atoms with Gasteiger partial charge < -0.3 is 4.42 Å². The predicted octanol–water partition coefficient (Wildman–Crippen LogP) is 1.03. The lowest BCUT2D eigenvalue weighted by Gasteiger charge is -1.92. The minimum atomic E-state index is -0.365. The third kappa shape index (κ3) is 2.60. The molecule has 0 spiro atoms. The van der Waals surface area contributed by atoms with Crippen molar-refractivity contribution < 1.29 is 9.21 Å². The number of rotatable bonds is 4. The highest BCUT2D eigenvalue weighted by atomic mass is 32.2. The maximum absolute atomic E-state index is 11.1. The number of aromatic nitrogens is 2. The highest BCUT2D eigenvalue weighted by molar-refractivity contribution is 8.00. The van der Waals surface area contributed by atoms with E-state index in [-0.39, 0.29) is 5.91 Å². The maximum Gasteiger partial charge on any atom is 0.268 e. The molecule has 0 radical (unpaired) electrons. The van der Waals surface area contributed by atoms with E-state index < -0.39 is 0 Å². The maximum atomic E-state index is 11.1. The van der Waals surface area contributed by atoms with Crippen molar-refractivity contribution in [3.05, 3.63) is 29.2 Å². The molecular formula is C8H8N4O2S2. The van der Waals surface area contributed by atoms with Gasteiger partial charge in [-0.1, -0.05) is 23.1 Å². The van der Waals surface area contributed by atoms with Gasteiger partial charge in [0.15, 0.2) is 4.34 Å². The zero-order valence-electron chi connectivity index (χ0n) is 8.04. The molecule has 0 bridgehead atoms. The number of hydrogen-bond donors (Lipinski definition) is 2. The zero-order valence-corrected chi connectivity index (χ0v) is 9.68. The quantitative estimate of drug-likeness (QED) is 0.367. The third-order valence-electron chi connectivity index (χ3n) is 1.72. The van der Waals surface area contributed by atoms with Gasteiger partial charge in [0, 0.05) is 0 Å². The van der Waals surface area contributed by atoms with Gasteiger partial charge in [-0.3, -0.25) is 10.2 Å². The summed E-state index contributed by atoms with van der Waals surface area (Å²) < 4.78 is 6.07. The monoisotopic (exact) mass is 256 g/mol. The molecule has 2 heterocycles. The number of thioether (sulfide) groups is 1. The Morgan fingerprint density at radius 1 is 1.69 bits per heavy atom. The van der Waals surface area contributed by atoms with Crippen molar-refractivity contribution in [1.82, 2.24) is 15.6 Å². The number of hydrogen-bond acceptors (Lipinski definition) is 7. The molecule has 0 saturated carbocycles. The smallest absolute Gasteiger partial charge is 0.268 e. The lowest BCUT2D eigenvalue weighted by Crippen LogP contribution is -2.29. The molecule has 0 aliphatic rings. The fourth-order valence-electron chi connectivity index (χ4n) is 1.02. The highest BCUT2D eigenvalue weighted by Gasteiger charge is 2.09.